The lowest BCUT2D eigenvalue weighted by molar-refractivity contribution is 0.661. The van der Waals surface area contributed by atoms with Gasteiger partial charge in [0.25, 0.3) is 0 Å². The van der Waals surface area contributed by atoms with Gasteiger partial charge in [-0.05, 0) is 138 Å². The SMILES string of the molecule is CC1(C)c2ccc(-c3ccc(-c4c5ccccc5c(-c5ccccc5)c5ccccc45)c4ccccc34)cc2-c2cc3c4ccccc4c4ccccc4c3cc21. The van der Waals surface area contributed by atoms with Crippen molar-refractivity contribution in [2.75, 3.05) is 0 Å². The third-order valence-corrected chi connectivity index (χ3v) is 13.0. The van der Waals surface area contributed by atoms with E-state index in [4.69, 9.17) is 0 Å². The lowest BCUT2D eigenvalue weighted by Crippen LogP contribution is -2.14. The Hall–Kier alpha value is -7.02. The first-order valence-electron chi connectivity index (χ1n) is 20.1. The Kier molecular flexibility index (Phi) is 6.78. The molecule has 0 spiro atoms. The van der Waals surface area contributed by atoms with Crippen molar-refractivity contribution in [2.24, 2.45) is 0 Å². The van der Waals surface area contributed by atoms with Crippen molar-refractivity contribution >= 4 is 64.6 Å². The topological polar surface area (TPSA) is 0 Å². The Balaban J connectivity index is 1.08. The molecule has 0 saturated heterocycles. The van der Waals surface area contributed by atoms with Crippen LogP contribution < -0.4 is 0 Å². The third kappa shape index (κ3) is 4.56. The second-order valence-corrected chi connectivity index (χ2v) is 16.3. The lowest BCUT2D eigenvalue weighted by atomic mass is 9.80. The van der Waals surface area contributed by atoms with Gasteiger partial charge in [-0.15, -0.1) is 0 Å². The van der Waals surface area contributed by atoms with Crippen LogP contribution in [0, 0.1) is 0 Å². The summed E-state index contributed by atoms with van der Waals surface area (Å²) in [6, 6.07) is 72.6. The number of rotatable bonds is 3. The predicted molar refractivity (Wildman–Crippen MR) is 245 cm³/mol. The maximum atomic E-state index is 2.50. The van der Waals surface area contributed by atoms with E-state index in [1.54, 1.807) is 0 Å². The van der Waals surface area contributed by atoms with Crippen LogP contribution in [-0.2, 0) is 5.41 Å². The summed E-state index contributed by atoms with van der Waals surface area (Å²) in [6.45, 7) is 4.79. The number of fused-ring (bicyclic) bond motifs is 12. The molecule has 266 valence electrons. The summed E-state index contributed by atoms with van der Waals surface area (Å²) < 4.78 is 0. The van der Waals surface area contributed by atoms with Crippen LogP contribution in [0.5, 0.6) is 0 Å². The first kappa shape index (κ1) is 32.2. The molecule has 11 aromatic carbocycles. The summed E-state index contributed by atoms with van der Waals surface area (Å²) in [5.74, 6) is 0. The lowest BCUT2D eigenvalue weighted by Gasteiger charge is -2.22. The van der Waals surface area contributed by atoms with E-state index in [2.05, 4.69) is 208 Å². The predicted octanol–water partition coefficient (Wildman–Crippen LogP) is 15.9. The van der Waals surface area contributed by atoms with Crippen molar-refractivity contribution in [3.05, 3.63) is 205 Å². The van der Waals surface area contributed by atoms with Crippen LogP contribution in [0.15, 0.2) is 194 Å². The normalized spacial score (nSPS) is 13.2. The molecule has 0 unspecified atom stereocenters. The molecule has 0 aliphatic heterocycles. The first-order valence-corrected chi connectivity index (χ1v) is 20.1. The number of hydrogen-bond donors (Lipinski definition) is 0. The molecule has 0 saturated carbocycles. The van der Waals surface area contributed by atoms with E-state index >= 15 is 0 Å². The van der Waals surface area contributed by atoms with E-state index < -0.39 is 0 Å². The van der Waals surface area contributed by atoms with Crippen LogP contribution in [0.2, 0.25) is 0 Å². The zero-order valence-corrected chi connectivity index (χ0v) is 32.0. The zero-order chi connectivity index (χ0) is 37.8. The Labute approximate surface area is 332 Å². The summed E-state index contributed by atoms with van der Waals surface area (Å²) in [4.78, 5) is 0. The smallest absolute Gasteiger partial charge is 0.0159 e. The zero-order valence-electron chi connectivity index (χ0n) is 32.0. The maximum Gasteiger partial charge on any atom is 0.0159 e. The molecular weight excluding hydrogens is 685 g/mol. The molecule has 0 bridgehead atoms. The van der Waals surface area contributed by atoms with Crippen molar-refractivity contribution in [2.45, 2.75) is 19.3 Å². The number of hydrogen-bond acceptors (Lipinski definition) is 0. The molecule has 11 aromatic rings. The van der Waals surface area contributed by atoms with Crippen LogP contribution in [0.1, 0.15) is 25.0 Å². The summed E-state index contributed by atoms with van der Waals surface area (Å²) in [6.07, 6.45) is 0. The average Bonchev–Trinajstić information content (AvgIpc) is 3.49. The van der Waals surface area contributed by atoms with Gasteiger partial charge in [-0.25, -0.2) is 0 Å². The van der Waals surface area contributed by atoms with Gasteiger partial charge in [0.05, 0.1) is 0 Å². The molecule has 0 atom stereocenters. The van der Waals surface area contributed by atoms with Crippen LogP contribution in [-0.4, -0.2) is 0 Å². The van der Waals surface area contributed by atoms with Crippen LogP contribution in [0.3, 0.4) is 0 Å². The van der Waals surface area contributed by atoms with E-state index in [-0.39, 0.29) is 5.41 Å². The van der Waals surface area contributed by atoms with Crippen molar-refractivity contribution in [1.82, 2.24) is 0 Å². The van der Waals surface area contributed by atoms with Gasteiger partial charge in [0.1, 0.15) is 0 Å². The second-order valence-electron chi connectivity index (χ2n) is 16.3. The van der Waals surface area contributed by atoms with E-state index in [0.717, 1.165) is 0 Å². The van der Waals surface area contributed by atoms with Crippen molar-refractivity contribution in [3.8, 4) is 44.5 Å². The van der Waals surface area contributed by atoms with Gasteiger partial charge in [-0.1, -0.05) is 190 Å². The minimum atomic E-state index is -0.121. The minimum Gasteiger partial charge on any atom is -0.0622 e. The molecule has 57 heavy (non-hydrogen) atoms. The maximum absolute atomic E-state index is 2.50. The molecule has 0 radical (unpaired) electrons. The van der Waals surface area contributed by atoms with Crippen molar-refractivity contribution in [1.29, 1.82) is 0 Å². The molecule has 0 aromatic heterocycles. The highest BCUT2D eigenvalue weighted by Gasteiger charge is 2.36. The average molecular weight is 723 g/mol. The summed E-state index contributed by atoms with van der Waals surface area (Å²) in [7, 11) is 0. The molecule has 0 heteroatoms. The number of benzene rings is 11. The molecule has 12 rings (SSSR count). The Bertz CT molecular complexity index is 3420. The molecule has 0 amide bonds. The van der Waals surface area contributed by atoms with Gasteiger partial charge in [-0.2, -0.15) is 0 Å². The van der Waals surface area contributed by atoms with Gasteiger partial charge < -0.3 is 0 Å². The standard InChI is InChI=1S/C57H38/c1-57(2)53-31-28-36(32-51(53)52-33-49-42-22-10-7-19-39(42)40-20-8-11-23-43(40)50(49)34-54(52)57)37-29-30-48(41-21-9-6-18-38(37)41)56-46-26-14-12-24-44(46)55(35-16-4-3-5-17-35)45-25-13-15-27-47(45)56/h3-34H,1-2H3. The molecule has 0 fully saturated rings. The fourth-order valence-corrected chi connectivity index (χ4v) is 10.4. The summed E-state index contributed by atoms with van der Waals surface area (Å²) >= 11 is 0. The largest absolute Gasteiger partial charge is 0.0622 e. The third-order valence-electron chi connectivity index (χ3n) is 13.0. The van der Waals surface area contributed by atoms with Crippen molar-refractivity contribution < 1.29 is 0 Å². The molecule has 0 nitrogen and oxygen atoms in total. The second kappa shape index (κ2) is 12.0. The van der Waals surface area contributed by atoms with Gasteiger partial charge in [0.15, 0.2) is 0 Å². The van der Waals surface area contributed by atoms with Crippen LogP contribution in [0.25, 0.3) is 109 Å². The van der Waals surface area contributed by atoms with Crippen molar-refractivity contribution in [3.63, 3.8) is 0 Å². The van der Waals surface area contributed by atoms with Gasteiger partial charge in [-0.3, -0.25) is 0 Å². The van der Waals surface area contributed by atoms with Gasteiger partial charge in [0.2, 0.25) is 0 Å². The highest BCUT2D eigenvalue weighted by Crippen LogP contribution is 2.53. The minimum absolute atomic E-state index is 0.121. The van der Waals surface area contributed by atoms with Gasteiger partial charge in [0, 0.05) is 5.41 Å². The van der Waals surface area contributed by atoms with Crippen LogP contribution >= 0.6 is 0 Å². The molecule has 1 aliphatic carbocycles. The first-order chi connectivity index (χ1) is 28.1. The quantitative estimate of drug-likeness (QED) is 0.126. The van der Waals surface area contributed by atoms with E-state index in [9.17, 15) is 0 Å². The van der Waals surface area contributed by atoms with Crippen LogP contribution in [0.4, 0.5) is 0 Å². The molecular formula is C57H38. The monoisotopic (exact) mass is 722 g/mol. The highest BCUT2D eigenvalue weighted by atomic mass is 14.4. The van der Waals surface area contributed by atoms with E-state index in [1.165, 1.54) is 120 Å². The Morgan fingerprint density at radius 1 is 0.246 bits per heavy atom. The highest BCUT2D eigenvalue weighted by molar-refractivity contribution is 6.27. The molecule has 0 N–H and O–H groups in total. The summed E-state index contributed by atoms with van der Waals surface area (Å²) in [5, 5.41) is 15.6. The van der Waals surface area contributed by atoms with Gasteiger partial charge >= 0.3 is 0 Å². The molecule has 0 heterocycles. The molecule has 1 aliphatic rings. The fraction of sp³-hybridized carbons (Fsp3) is 0.0526. The summed E-state index contributed by atoms with van der Waals surface area (Å²) in [5.41, 5.74) is 13.0. The van der Waals surface area contributed by atoms with E-state index in [1.807, 2.05) is 0 Å². The fourth-order valence-electron chi connectivity index (χ4n) is 10.4. The Morgan fingerprint density at radius 2 is 0.667 bits per heavy atom. The Morgan fingerprint density at radius 3 is 1.25 bits per heavy atom. The van der Waals surface area contributed by atoms with E-state index in [0.29, 0.717) is 0 Å².